The normalized spacial score (nSPS) is 16.4. The maximum atomic E-state index is 13.9. The molecule has 0 unspecified atom stereocenters. The molecule has 3 aromatic rings. The highest BCUT2D eigenvalue weighted by Gasteiger charge is 2.40. The van der Waals surface area contributed by atoms with Crippen molar-refractivity contribution in [3.05, 3.63) is 40.7 Å². The number of halogens is 3. The summed E-state index contributed by atoms with van der Waals surface area (Å²) < 4.78 is 29.2. The van der Waals surface area contributed by atoms with Crippen molar-refractivity contribution in [3.63, 3.8) is 0 Å². The van der Waals surface area contributed by atoms with Crippen LogP contribution in [0.4, 0.5) is 14.6 Å². The maximum absolute atomic E-state index is 13.9. The van der Waals surface area contributed by atoms with E-state index in [0.717, 1.165) is 0 Å². The maximum Gasteiger partial charge on any atom is 0.266 e. The van der Waals surface area contributed by atoms with Gasteiger partial charge in [0, 0.05) is 29.0 Å². The second-order valence-corrected chi connectivity index (χ2v) is 8.93. The number of carbonyl (C=O) groups is 1. The molecule has 2 aromatic heterocycles. The average Bonchev–Trinajstić information content (AvgIpc) is 3.24. The topological polar surface area (TPSA) is 76.8 Å². The Morgan fingerprint density at radius 3 is 2.50 bits per heavy atom. The Morgan fingerprint density at radius 1 is 1.20 bits per heavy atom. The van der Waals surface area contributed by atoms with Crippen molar-refractivity contribution in [1.29, 1.82) is 0 Å². The molecule has 0 aliphatic carbocycles. The van der Waals surface area contributed by atoms with Crippen LogP contribution >= 0.6 is 11.6 Å². The van der Waals surface area contributed by atoms with Crippen molar-refractivity contribution < 1.29 is 13.6 Å². The third-order valence-corrected chi connectivity index (χ3v) is 5.20. The van der Waals surface area contributed by atoms with E-state index in [1.54, 1.807) is 24.3 Å². The van der Waals surface area contributed by atoms with E-state index in [4.69, 9.17) is 11.6 Å². The van der Waals surface area contributed by atoms with Gasteiger partial charge in [-0.25, -0.2) is 23.4 Å². The lowest BCUT2D eigenvalue weighted by molar-refractivity contribution is 0.0256. The molecular formula is C20H21ClF2N6O. The molecular weight excluding hydrogens is 414 g/mol. The molecule has 0 atom stereocenters. The lowest BCUT2D eigenvalue weighted by Crippen LogP contribution is -2.28. The first-order chi connectivity index (χ1) is 14.0. The monoisotopic (exact) mass is 434 g/mol. The Labute approximate surface area is 177 Å². The number of fused-ring (bicyclic) bond motifs is 1. The van der Waals surface area contributed by atoms with Crippen LogP contribution in [0.3, 0.4) is 0 Å². The van der Waals surface area contributed by atoms with Crippen LogP contribution in [0.25, 0.3) is 11.2 Å². The number of aromatic nitrogens is 5. The van der Waals surface area contributed by atoms with Crippen LogP contribution in [-0.2, 0) is 12.0 Å². The van der Waals surface area contributed by atoms with Crippen LogP contribution < -0.4 is 4.90 Å². The smallest absolute Gasteiger partial charge is 0.266 e. The molecule has 0 amide bonds. The first kappa shape index (κ1) is 20.6. The molecule has 10 heteroatoms. The summed E-state index contributed by atoms with van der Waals surface area (Å²) in [6, 6.07) is 6.51. The van der Waals surface area contributed by atoms with E-state index in [9.17, 15) is 13.6 Å². The van der Waals surface area contributed by atoms with Crippen molar-refractivity contribution in [2.45, 2.75) is 45.1 Å². The van der Waals surface area contributed by atoms with Gasteiger partial charge < -0.3 is 4.90 Å². The van der Waals surface area contributed by atoms with Crippen LogP contribution in [0.2, 0.25) is 5.02 Å². The van der Waals surface area contributed by atoms with E-state index in [1.165, 1.54) is 9.58 Å². The number of benzene rings is 1. The molecule has 7 nitrogen and oxygen atoms in total. The predicted molar refractivity (Wildman–Crippen MR) is 109 cm³/mol. The number of anilines is 1. The van der Waals surface area contributed by atoms with Crippen molar-refractivity contribution in [3.8, 4) is 0 Å². The fourth-order valence-corrected chi connectivity index (χ4v) is 3.45. The summed E-state index contributed by atoms with van der Waals surface area (Å²) in [5.41, 5.74) is 0.713. The highest BCUT2D eigenvalue weighted by atomic mass is 35.5. The van der Waals surface area contributed by atoms with Crippen LogP contribution in [0.15, 0.2) is 24.3 Å². The molecule has 1 saturated heterocycles. The van der Waals surface area contributed by atoms with E-state index in [-0.39, 0.29) is 30.9 Å². The zero-order valence-corrected chi connectivity index (χ0v) is 17.6. The van der Waals surface area contributed by atoms with Crippen LogP contribution in [0.1, 0.15) is 43.4 Å². The van der Waals surface area contributed by atoms with Gasteiger partial charge in [0.25, 0.3) is 5.92 Å². The zero-order chi connectivity index (χ0) is 21.7. The third kappa shape index (κ3) is 3.98. The number of Topliss-reactive ketones (excluding diaryl/α,β-unsaturated/α-hetero) is 1. The third-order valence-electron chi connectivity index (χ3n) is 4.95. The highest BCUT2D eigenvalue weighted by Crippen LogP contribution is 2.34. The summed E-state index contributed by atoms with van der Waals surface area (Å²) in [5, 5.41) is 8.70. The quantitative estimate of drug-likeness (QED) is 0.579. The second kappa shape index (κ2) is 7.23. The lowest BCUT2D eigenvalue weighted by atomic mass is 9.96. The molecule has 1 aliphatic rings. The number of hydrogen-bond acceptors (Lipinski definition) is 6. The van der Waals surface area contributed by atoms with E-state index in [2.05, 4.69) is 20.3 Å². The summed E-state index contributed by atoms with van der Waals surface area (Å²) in [6.07, 6.45) is -0.255. The summed E-state index contributed by atoms with van der Waals surface area (Å²) in [7, 11) is 0. The number of hydrogen-bond donors (Lipinski definition) is 0. The van der Waals surface area contributed by atoms with Gasteiger partial charge in [0.1, 0.15) is 12.4 Å². The summed E-state index contributed by atoms with van der Waals surface area (Å²) in [6.45, 7) is 5.40. The molecule has 0 bridgehead atoms. The largest absolute Gasteiger partial charge is 0.348 e. The molecule has 1 aliphatic heterocycles. The van der Waals surface area contributed by atoms with E-state index < -0.39 is 17.9 Å². The summed E-state index contributed by atoms with van der Waals surface area (Å²) in [4.78, 5) is 23.3. The molecule has 158 valence electrons. The van der Waals surface area contributed by atoms with Crippen LogP contribution in [0.5, 0.6) is 0 Å². The van der Waals surface area contributed by atoms with Gasteiger partial charge in [0.15, 0.2) is 17.1 Å². The molecule has 1 aromatic carbocycles. The fraction of sp³-hybridized carbons (Fsp3) is 0.450. The van der Waals surface area contributed by atoms with Crippen LogP contribution in [-0.4, -0.2) is 49.8 Å². The van der Waals surface area contributed by atoms with Crippen LogP contribution in [0, 0.1) is 0 Å². The average molecular weight is 435 g/mol. The van der Waals surface area contributed by atoms with Gasteiger partial charge in [-0.3, -0.25) is 4.79 Å². The molecule has 0 radical (unpaired) electrons. The van der Waals surface area contributed by atoms with Crippen molar-refractivity contribution in [1.82, 2.24) is 25.0 Å². The Kier molecular flexibility index (Phi) is 4.96. The molecule has 4 rings (SSSR count). The number of ketones is 1. The van der Waals surface area contributed by atoms with Gasteiger partial charge in [-0.15, -0.1) is 5.10 Å². The van der Waals surface area contributed by atoms with Gasteiger partial charge in [0.2, 0.25) is 5.65 Å². The number of alkyl halides is 2. The Hall–Kier alpha value is -2.68. The molecule has 1 fully saturated rings. The zero-order valence-electron chi connectivity index (χ0n) is 16.9. The van der Waals surface area contributed by atoms with Crippen molar-refractivity contribution in [2.24, 2.45) is 0 Å². The summed E-state index contributed by atoms with van der Waals surface area (Å²) >= 11 is 5.88. The predicted octanol–water partition coefficient (Wildman–Crippen LogP) is 3.90. The molecule has 30 heavy (non-hydrogen) atoms. The van der Waals surface area contributed by atoms with Crippen molar-refractivity contribution >= 4 is 34.4 Å². The van der Waals surface area contributed by atoms with Gasteiger partial charge >= 0.3 is 0 Å². The number of rotatable bonds is 4. The standard InChI is InChI=1S/C20H21ClF2N6O/c1-19(2,3)18-24-16-15(17(25-18)28-9-8-20(22,23)11-28)29(27-26-16)10-14(30)12-4-6-13(21)7-5-12/h4-7H,8-11H2,1-3H3. The minimum atomic E-state index is -2.80. The number of nitrogens with zero attached hydrogens (tertiary/aromatic N) is 6. The summed E-state index contributed by atoms with van der Waals surface area (Å²) in [5.74, 6) is -2.19. The van der Waals surface area contributed by atoms with Gasteiger partial charge in [-0.2, -0.15) is 0 Å². The highest BCUT2D eigenvalue weighted by molar-refractivity contribution is 6.30. The first-order valence-corrected chi connectivity index (χ1v) is 9.94. The number of carbonyl (C=O) groups excluding carboxylic acids is 1. The van der Waals surface area contributed by atoms with E-state index >= 15 is 0 Å². The van der Waals surface area contributed by atoms with Gasteiger partial charge in [-0.05, 0) is 24.3 Å². The SMILES string of the molecule is CC(C)(C)c1nc(N2CCC(F)(F)C2)c2c(nnn2CC(=O)c2ccc(Cl)cc2)n1. The fourth-order valence-electron chi connectivity index (χ4n) is 3.32. The minimum Gasteiger partial charge on any atom is -0.348 e. The molecule has 0 N–H and O–H groups in total. The molecule has 3 heterocycles. The van der Waals surface area contributed by atoms with Gasteiger partial charge in [-0.1, -0.05) is 37.6 Å². The lowest BCUT2D eigenvalue weighted by Gasteiger charge is -2.22. The Morgan fingerprint density at radius 2 is 1.90 bits per heavy atom. The minimum absolute atomic E-state index is 0.117. The molecule has 0 spiro atoms. The van der Waals surface area contributed by atoms with E-state index in [0.29, 0.717) is 27.7 Å². The first-order valence-electron chi connectivity index (χ1n) is 9.57. The Bertz CT molecular complexity index is 1110. The van der Waals surface area contributed by atoms with E-state index in [1.807, 2.05) is 20.8 Å². The second-order valence-electron chi connectivity index (χ2n) is 8.50. The molecule has 0 saturated carbocycles. The van der Waals surface area contributed by atoms with Crippen molar-refractivity contribution in [2.75, 3.05) is 18.0 Å². The Balaban J connectivity index is 1.78. The van der Waals surface area contributed by atoms with Gasteiger partial charge in [0.05, 0.1) is 6.54 Å².